The molecule has 0 radical (unpaired) electrons. The molecule has 5 fully saturated rings. The van der Waals surface area contributed by atoms with Crippen molar-refractivity contribution < 1.29 is 88.0 Å². The van der Waals surface area contributed by atoms with Crippen LogP contribution in [0.5, 0.6) is 0 Å². The maximum atomic E-state index is 14.3. The first-order valence-electron chi connectivity index (χ1n) is 35.6. The van der Waals surface area contributed by atoms with Crippen LogP contribution in [0.4, 0.5) is 21.4 Å². The number of primary amides is 1. The van der Waals surface area contributed by atoms with Crippen molar-refractivity contribution in [2.75, 3.05) is 48.3 Å². The number of nitrogens with two attached hydrogens (primary N) is 1. The third-order valence-corrected chi connectivity index (χ3v) is 22.4. The maximum Gasteiger partial charge on any atom is 0.410 e. The van der Waals surface area contributed by atoms with Crippen molar-refractivity contribution in [3.63, 3.8) is 0 Å². The van der Waals surface area contributed by atoms with E-state index in [9.17, 15) is 73.8 Å². The molecule has 4 bridgehead atoms. The number of aromatic nitrogens is 4. The highest BCUT2D eigenvalue weighted by Crippen LogP contribution is 2.72. The van der Waals surface area contributed by atoms with Gasteiger partial charge in [-0.15, -0.1) is 0 Å². The molecule has 10 atom stereocenters. The van der Waals surface area contributed by atoms with E-state index in [1.807, 2.05) is 59.0 Å². The number of thiazole rings is 1. The molecule has 13 rings (SSSR count). The van der Waals surface area contributed by atoms with Gasteiger partial charge in [0.2, 0.25) is 29.5 Å². The molecule has 1 saturated heterocycles. The van der Waals surface area contributed by atoms with E-state index in [-0.39, 0.29) is 79.1 Å². The summed E-state index contributed by atoms with van der Waals surface area (Å²) < 4.78 is 21.5. The van der Waals surface area contributed by atoms with E-state index < -0.39 is 114 Å². The fraction of sp³-hybridized carbons (Fsp3) is 0.493. The Balaban J connectivity index is 0.709. The van der Waals surface area contributed by atoms with Gasteiger partial charge in [0.05, 0.1) is 34.7 Å². The van der Waals surface area contributed by atoms with Gasteiger partial charge in [0.15, 0.2) is 16.9 Å². The summed E-state index contributed by atoms with van der Waals surface area (Å²) in [6, 6.07) is 19.2. The molecule has 7 aliphatic rings. The zero-order valence-corrected chi connectivity index (χ0v) is 60.6. The van der Waals surface area contributed by atoms with Gasteiger partial charge in [-0.2, -0.15) is 5.10 Å². The zero-order chi connectivity index (χ0) is 75.9. The molecule has 4 saturated carbocycles. The molecule has 106 heavy (non-hydrogen) atoms. The minimum Gasteiger partial charge on any atom is -0.479 e. The number of carboxylic acids is 2. The average molecular weight is 1480 g/mol. The van der Waals surface area contributed by atoms with Crippen LogP contribution in [0.15, 0.2) is 91.1 Å². The van der Waals surface area contributed by atoms with E-state index in [0.717, 1.165) is 70.1 Å². The van der Waals surface area contributed by atoms with Crippen molar-refractivity contribution in [2.45, 2.75) is 180 Å². The lowest BCUT2D eigenvalue weighted by Gasteiger charge is -2.69. The van der Waals surface area contributed by atoms with Crippen LogP contribution in [-0.4, -0.2) is 201 Å². The number of carboxylic acid groups (broad SMARTS) is 2. The predicted octanol–water partition coefficient (Wildman–Crippen LogP) is 5.19. The Labute approximate surface area is 614 Å². The van der Waals surface area contributed by atoms with Gasteiger partial charge in [0.1, 0.15) is 55.6 Å². The molecular formula is C75H90N12O18S. The van der Waals surface area contributed by atoms with Gasteiger partial charge < -0.3 is 81.2 Å². The van der Waals surface area contributed by atoms with Crippen LogP contribution in [0.2, 0.25) is 0 Å². The number of aliphatic carboxylic acids is 1. The number of hydrogen-bond acceptors (Lipinski definition) is 21. The van der Waals surface area contributed by atoms with Crippen molar-refractivity contribution in [3.8, 4) is 11.1 Å². The van der Waals surface area contributed by atoms with Gasteiger partial charge in [0.25, 0.3) is 5.91 Å². The quantitative estimate of drug-likeness (QED) is 0.0301. The number of pyridine rings is 1. The van der Waals surface area contributed by atoms with Gasteiger partial charge in [-0.3, -0.25) is 38.8 Å². The molecule has 3 aliphatic heterocycles. The third-order valence-electron chi connectivity index (χ3n) is 21.4. The molecule has 6 aromatic rings. The Kier molecular flexibility index (Phi) is 21.9. The van der Waals surface area contributed by atoms with Crippen LogP contribution in [0.3, 0.4) is 0 Å². The number of benzene rings is 3. The minimum atomic E-state index is -1.94. The largest absolute Gasteiger partial charge is 0.479 e. The number of fused-ring (bicyclic) bond motifs is 2. The summed E-state index contributed by atoms with van der Waals surface area (Å²) in [5.41, 5.74) is 10.3. The molecule has 0 spiro atoms. The number of ether oxygens (including phenoxy) is 3. The Morgan fingerprint density at radius 3 is 2.27 bits per heavy atom. The van der Waals surface area contributed by atoms with Crippen LogP contribution in [0, 0.1) is 29.1 Å². The van der Waals surface area contributed by atoms with Crippen molar-refractivity contribution >= 4 is 91.7 Å². The number of carbonyl (C=O) groups is 9. The lowest BCUT2D eigenvalue weighted by Crippen LogP contribution is -2.64. The highest BCUT2D eigenvalue weighted by molar-refractivity contribution is 7.22. The number of nitrogens with one attached hydrogen (secondary N) is 4. The van der Waals surface area contributed by atoms with Crippen molar-refractivity contribution in [2.24, 2.45) is 27.9 Å². The van der Waals surface area contributed by atoms with E-state index in [1.54, 1.807) is 38.2 Å². The fourth-order valence-electron chi connectivity index (χ4n) is 17.5. The zero-order valence-electron chi connectivity index (χ0n) is 59.8. The molecule has 564 valence electrons. The van der Waals surface area contributed by atoms with E-state index in [0.29, 0.717) is 71.2 Å². The maximum absolute atomic E-state index is 14.3. The number of carbonyl (C=O) groups excluding carboxylic acids is 7. The number of anilines is 3. The number of para-hydroxylation sites is 1. The van der Waals surface area contributed by atoms with Crippen molar-refractivity contribution in [3.05, 3.63) is 130 Å². The summed E-state index contributed by atoms with van der Waals surface area (Å²) in [4.78, 5) is 132. The SMILES string of the molecule is Cc1c(-c2ccc(N3CCc4cccc(C(=O)Nc5nc6ccccc6s5)c4C3)nc2C(=O)O)cnn1CC12CC3(C)CC(C)(C1)CC(OCCN(CCC(N)=O)C(=O)OCc1ccc(NC(=O)[C@H](C)NC(=O)[C@@H](NC(=O)CN4C(=O)C=CC4O)C(C)C)cc1CC[C@@H]1O[C@H](C(=O)O)[C@@H](O)[C@H](O)[C@H]1O)(C3)C2. The Morgan fingerprint density at radius 1 is 0.821 bits per heavy atom. The number of aliphatic hydroxyl groups excluding tert-OH is 4. The van der Waals surface area contributed by atoms with Gasteiger partial charge in [0, 0.05) is 73.3 Å². The number of nitrogens with zero attached hydrogens (tertiary/aromatic N) is 7. The van der Waals surface area contributed by atoms with E-state index in [1.165, 1.54) is 41.4 Å². The summed E-state index contributed by atoms with van der Waals surface area (Å²) in [5, 5.41) is 79.0. The van der Waals surface area contributed by atoms with Crippen LogP contribution in [0.25, 0.3) is 21.3 Å². The molecule has 12 N–H and O–H groups in total. The number of amides is 7. The lowest BCUT2D eigenvalue weighted by atomic mass is 9.39. The summed E-state index contributed by atoms with van der Waals surface area (Å²) in [5.74, 6) is -6.49. The predicted molar refractivity (Wildman–Crippen MR) is 385 cm³/mol. The molecule has 7 amide bonds. The van der Waals surface area contributed by atoms with Crippen LogP contribution >= 0.6 is 11.3 Å². The number of aromatic carboxylic acids is 1. The number of aryl methyl sites for hydroxylation is 1. The molecule has 6 heterocycles. The van der Waals surface area contributed by atoms with Crippen molar-refractivity contribution in [1.29, 1.82) is 0 Å². The van der Waals surface area contributed by atoms with E-state index in [2.05, 4.69) is 40.1 Å². The lowest BCUT2D eigenvalue weighted by molar-refractivity contribution is -0.248. The molecule has 3 aromatic heterocycles. The second-order valence-corrected chi connectivity index (χ2v) is 31.4. The summed E-state index contributed by atoms with van der Waals surface area (Å²) in [6.45, 7) is 11.7. The number of hydrogen-bond donors (Lipinski definition) is 11. The molecule has 30 nitrogen and oxygen atoms in total. The van der Waals surface area contributed by atoms with E-state index in [4.69, 9.17) is 30.0 Å². The van der Waals surface area contributed by atoms with E-state index >= 15 is 0 Å². The number of rotatable bonds is 28. The first-order chi connectivity index (χ1) is 50.3. The standard InChI is InChI=1S/C75H90N12O18S/c1-40(2)59(82-56(89)31-86-57(90)20-21-58(86)91)67(97)78-41(3)65(95)79-46-16-14-45(44(28-46)15-18-52-61(92)62(93)63(94)64(105-52)69(100)101)32-103-71(102)84(25-23-54(76)88)26-27-104-75-36-72(5)33-73(6,37-75)35-74(34-72,38-75)39-87-42(4)49(29-77-87)47-17-19-55(81-60(47)68(98)99)85-24-22-43-10-9-11-48(50(43)30-85)66(96)83-70-80-51-12-7-8-13-53(51)106-70/h7-14,16-17,19-21,28-29,40-41,52,57,59,61-64,90,92-94H,15,18,22-27,30-39H2,1-6H3,(H2,76,88)(H,78,97)(H,79,95)(H,82,89)(H,98,99)(H,100,101)(H,80,83,96)/t41-,52-,57?,59-,61-,62+,63-,64-,72?,73?,74?,75?/m0/s1. The van der Waals surface area contributed by atoms with Crippen LogP contribution in [0.1, 0.15) is 135 Å². The minimum absolute atomic E-state index is 0.00216. The first-order valence-corrected chi connectivity index (χ1v) is 36.4. The Bertz CT molecular complexity index is 4410. The average Bonchev–Trinajstić information content (AvgIpc) is 0.843. The van der Waals surface area contributed by atoms with Gasteiger partial charge in [-0.05, 0) is 165 Å². The monoisotopic (exact) mass is 1480 g/mol. The molecule has 4 aliphatic carbocycles. The summed E-state index contributed by atoms with van der Waals surface area (Å²) >= 11 is 1.39. The van der Waals surface area contributed by atoms with Crippen molar-refractivity contribution in [1.82, 2.24) is 40.2 Å². The summed E-state index contributed by atoms with van der Waals surface area (Å²) in [6.07, 6.45) is -1.69. The smallest absolute Gasteiger partial charge is 0.410 e. The first kappa shape index (κ1) is 75.9. The molecular weight excluding hydrogens is 1390 g/mol. The number of aliphatic hydroxyl groups is 4. The van der Waals surface area contributed by atoms with Gasteiger partial charge >= 0.3 is 18.0 Å². The second-order valence-electron chi connectivity index (χ2n) is 30.4. The van der Waals surface area contributed by atoms with Crippen LogP contribution in [-0.2, 0) is 75.5 Å². The molecule has 31 heteroatoms. The fourth-order valence-corrected chi connectivity index (χ4v) is 18.4. The Hall–Kier alpha value is -9.76. The van der Waals surface area contributed by atoms with Crippen LogP contribution < -0.4 is 31.9 Å². The topological polar surface area (TPSA) is 430 Å². The van der Waals surface area contributed by atoms with Gasteiger partial charge in [-0.1, -0.05) is 69.4 Å². The normalized spacial score (nSPS) is 25.6. The molecule has 3 unspecified atom stereocenters. The Morgan fingerprint density at radius 2 is 1.58 bits per heavy atom. The second kappa shape index (κ2) is 30.6. The van der Waals surface area contributed by atoms with Gasteiger partial charge in [-0.25, -0.2) is 24.4 Å². The highest BCUT2D eigenvalue weighted by Gasteiger charge is 2.66. The summed E-state index contributed by atoms with van der Waals surface area (Å²) in [7, 11) is 0. The molecule has 3 aromatic carbocycles. The third kappa shape index (κ3) is 16.4. The highest BCUT2D eigenvalue weighted by atomic mass is 32.1.